The fourth-order valence-corrected chi connectivity index (χ4v) is 3.41. The molecule has 3 rings (SSSR count). The molecule has 0 radical (unpaired) electrons. The van der Waals surface area contributed by atoms with E-state index < -0.39 is 0 Å². The van der Waals surface area contributed by atoms with Crippen LogP contribution < -0.4 is 5.32 Å². The van der Waals surface area contributed by atoms with Crippen LogP contribution in [0.3, 0.4) is 0 Å². The Bertz CT molecular complexity index is 501. The molecule has 116 valence electrons. The number of aryl methyl sites for hydroxylation is 1. The highest BCUT2D eigenvalue weighted by Crippen LogP contribution is 2.31. The Morgan fingerprint density at radius 1 is 1.33 bits per heavy atom. The maximum Gasteiger partial charge on any atom is 0.225 e. The van der Waals surface area contributed by atoms with Crippen LogP contribution in [0.1, 0.15) is 30.4 Å². The lowest BCUT2D eigenvalue weighted by Gasteiger charge is -2.34. The van der Waals surface area contributed by atoms with E-state index in [2.05, 4.69) is 48.3 Å². The first-order valence-electron chi connectivity index (χ1n) is 7.72. The molecule has 2 unspecified atom stereocenters. The summed E-state index contributed by atoms with van der Waals surface area (Å²) in [6.45, 7) is 8.08. The number of amides is 1. The van der Waals surface area contributed by atoms with Crippen molar-refractivity contribution in [3.63, 3.8) is 0 Å². The number of likely N-dealkylation sites (tertiary alicyclic amines) is 1. The molecule has 2 heterocycles. The van der Waals surface area contributed by atoms with Crippen LogP contribution in [0.4, 0.5) is 0 Å². The van der Waals surface area contributed by atoms with Crippen LogP contribution in [0.25, 0.3) is 0 Å². The van der Waals surface area contributed by atoms with Crippen LogP contribution in [0.15, 0.2) is 24.3 Å². The van der Waals surface area contributed by atoms with Gasteiger partial charge in [0.15, 0.2) is 0 Å². The third kappa shape index (κ3) is 3.24. The molecule has 0 spiro atoms. The van der Waals surface area contributed by atoms with Gasteiger partial charge in [-0.15, -0.1) is 12.4 Å². The lowest BCUT2D eigenvalue weighted by atomic mass is 9.88. The molecular formula is C17H25ClN2O. The summed E-state index contributed by atoms with van der Waals surface area (Å²) in [7, 11) is 0. The smallest absolute Gasteiger partial charge is 0.225 e. The lowest BCUT2D eigenvalue weighted by Crippen LogP contribution is -2.50. The summed E-state index contributed by atoms with van der Waals surface area (Å²) in [6.07, 6.45) is 1.10. The monoisotopic (exact) mass is 308 g/mol. The van der Waals surface area contributed by atoms with Gasteiger partial charge in [0.1, 0.15) is 0 Å². The Labute approximate surface area is 133 Å². The Morgan fingerprint density at radius 3 is 2.67 bits per heavy atom. The van der Waals surface area contributed by atoms with Gasteiger partial charge in [-0.2, -0.15) is 0 Å². The third-order valence-electron chi connectivity index (χ3n) is 5.04. The van der Waals surface area contributed by atoms with E-state index in [4.69, 9.17) is 0 Å². The molecule has 0 bridgehead atoms. The molecule has 21 heavy (non-hydrogen) atoms. The van der Waals surface area contributed by atoms with Gasteiger partial charge < -0.3 is 10.2 Å². The Morgan fingerprint density at radius 2 is 2.05 bits per heavy atom. The first-order chi connectivity index (χ1) is 9.66. The topological polar surface area (TPSA) is 32.3 Å². The first kappa shape index (κ1) is 16.3. The van der Waals surface area contributed by atoms with E-state index >= 15 is 0 Å². The van der Waals surface area contributed by atoms with Gasteiger partial charge in [-0.25, -0.2) is 0 Å². The molecular weight excluding hydrogens is 284 g/mol. The first-order valence-corrected chi connectivity index (χ1v) is 7.72. The fourth-order valence-electron chi connectivity index (χ4n) is 3.41. The van der Waals surface area contributed by atoms with Crippen LogP contribution in [-0.2, 0) is 4.79 Å². The summed E-state index contributed by atoms with van der Waals surface area (Å²) in [5.74, 6) is 1.59. The Balaban J connectivity index is 0.00000161. The van der Waals surface area contributed by atoms with E-state index in [9.17, 15) is 4.79 Å². The highest BCUT2D eigenvalue weighted by atomic mass is 35.5. The second-order valence-electron chi connectivity index (χ2n) is 6.33. The number of nitrogens with one attached hydrogen (secondary N) is 1. The van der Waals surface area contributed by atoms with Crippen molar-refractivity contribution in [2.75, 3.05) is 26.2 Å². The lowest BCUT2D eigenvalue weighted by molar-refractivity contribution is -0.136. The van der Waals surface area contributed by atoms with Gasteiger partial charge in [0.05, 0.1) is 0 Å². The SMILES string of the molecule is Cc1ccccc1C1CCN(C(=O)C(C)C2CNC2)C1.Cl. The van der Waals surface area contributed by atoms with Crippen molar-refractivity contribution in [3.8, 4) is 0 Å². The average Bonchev–Trinajstić information content (AvgIpc) is 2.85. The van der Waals surface area contributed by atoms with Crippen molar-refractivity contribution in [1.29, 1.82) is 0 Å². The molecule has 2 aliphatic heterocycles. The fraction of sp³-hybridized carbons (Fsp3) is 0.588. The molecule has 0 aliphatic carbocycles. The van der Waals surface area contributed by atoms with Crippen molar-refractivity contribution < 1.29 is 4.79 Å². The predicted molar refractivity (Wildman–Crippen MR) is 87.9 cm³/mol. The number of carbonyl (C=O) groups excluding carboxylic acids is 1. The second-order valence-corrected chi connectivity index (χ2v) is 6.33. The molecule has 0 saturated carbocycles. The van der Waals surface area contributed by atoms with E-state index in [0.29, 0.717) is 17.7 Å². The summed E-state index contributed by atoms with van der Waals surface area (Å²) in [4.78, 5) is 14.6. The molecule has 2 saturated heterocycles. The molecule has 1 amide bonds. The molecule has 2 fully saturated rings. The van der Waals surface area contributed by atoms with Crippen LogP contribution in [0.5, 0.6) is 0 Å². The maximum atomic E-state index is 12.5. The molecule has 1 N–H and O–H groups in total. The van der Waals surface area contributed by atoms with Gasteiger partial charge in [-0.3, -0.25) is 4.79 Å². The summed E-state index contributed by atoms with van der Waals surface area (Å²) in [6, 6.07) is 8.58. The summed E-state index contributed by atoms with van der Waals surface area (Å²) < 4.78 is 0. The molecule has 2 atom stereocenters. The summed E-state index contributed by atoms with van der Waals surface area (Å²) >= 11 is 0. The zero-order valence-electron chi connectivity index (χ0n) is 12.8. The number of benzene rings is 1. The normalized spacial score (nSPS) is 23.3. The van der Waals surface area contributed by atoms with Crippen LogP contribution in [0.2, 0.25) is 0 Å². The molecule has 1 aromatic carbocycles. The highest BCUT2D eigenvalue weighted by molar-refractivity contribution is 5.85. The van der Waals surface area contributed by atoms with Crippen molar-refractivity contribution in [2.24, 2.45) is 11.8 Å². The highest BCUT2D eigenvalue weighted by Gasteiger charge is 2.35. The standard InChI is InChI=1S/C17H24N2O.ClH/c1-12-5-3-4-6-16(12)14-7-8-19(11-14)17(20)13(2)15-9-18-10-15;/h3-6,13-15,18H,7-11H2,1-2H3;1H. The van der Waals surface area contributed by atoms with E-state index in [1.807, 2.05) is 0 Å². The van der Waals surface area contributed by atoms with Crippen molar-refractivity contribution in [2.45, 2.75) is 26.2 Å². The average molecular weight is 309 g/mol. The van der Waals surface area contributed by atoms with Crippen LogP contribution >= 0.6 is 12.4 Å². The van der Waals surface area contributed by atoms with Gasteiger partial charge in [-0.1, -0.05) is 31.2 Å². The van der Waals surface area contributed by atoms with Crippen molar-refractivity contribution >= 4 is 18.3 Å². The van der Waals surface area contributed by atoms with Gasteiger partial charge in [0, 0.05) is 24.9 Å². The van der Waals surface area contributed by atoms with Crippen LogP contribution in [0, 0.1) is 18.8 Å². The van der Waals surface area contributed by atoms with E-state index in [1.165, 1.54) is 11.1 Å². The summed E-state index contributed by atoms with van der Waals surface area (Å²) in [5, 5.41) is 3.26. The quantitative estimate of drug-likeness (QED) is 0.931. The minimum absolute atomic E-state index is 0. The minimum Gasteiger partial charge on any atom is -0.342 e. The number of carbonyl (C=O) groups is 1. The predicted octanol–water partition coefficient (Wildman–Crippen LogP) is 2.59. The summed E-state index contributed by atoms with van der Waals surface area (Å²) in [5.41, 5.74) is 2.77. The van der Waals surface area contributed by atoms with E-state index in [0.717, 1.165) is 32.6 Å². The number of nitrogens with zero attached hydrogens (tertiary/aromatic N) is 1. The number of hydrogen-bond donors (Lipinski definition) is 1. The molecule has 4 heteroatoms. The van der Waals surface area contributed by atoms with Gasteiger partial charge >= 0.3 is 0 Å². The van der Waals surface area contributed by atoms with E-state index in [-0.39, 0.29) is 18.3 Å². The van der Waals surface area contributed by atoms with Crippen molar-refractivity contribution in [1.82, 2.24) is 10.2 Å². The minimum atomic E-state index is 0. The van der Waals surface area contributed by atoms with Gasteiger partial charge in [0.2, 0.25) is 5.91 Å². The second kappa shape index (κ2) is 6.80. The Kier molecular flexibility index (Phi) is 5.28. The number of rotatable bonds is 3. The molecule has 0 aromatic heterocycles. The Hall–Kier alpha value is -1.06. The largest absolute Gasteiger partial charge is 0.342 e. The van der Waals surface area contributed by atoms with Gasteiger partial charge in [0.25, 0.3) is 0 Å². The van der Waals surface area contributed by atoms with E-state index in [1.54, 1.807) is 0 Å². The third-order valence-corrected chi connectivity index (χ3v) is 5.04. The molecule has 2 aliphatic rings. The zero-order valence-corrected chi connectivity index (χ0v) is 13.7. The van der Waals surface area contributed by atoms with Crippen molar-refractivity contribution in [3.05, 3.63) is 35.4 Å². The molecule has 3 nitrogen and oxygen atoms in total. The van der Waals surface area contributed by atoms with Crippen LogP contribution in [-0.4, -0.2) is 37.0 Å². The number of halogens is 1. The zero-order chi connectivity index (χ0) is 14.1. The van der Waals surface area contributed by atoms with Gasteiger partial charge in [-0.05, 0) is 43.5 Å². The maximum absolute atomic E-state index is 12.5. The molecule has 1 aromatic rings. The number of hydrogen-bond acceptors (Lipinski definition) is 2.